The van der Waals surface area contributed by atoms with E-state index in [1.54, 1.807) is 12.3 Å². The summed E-state index contributed by atoms with van der Waals surface area (Å²) in [5.41, 5.74) is 0.538. The number of hydrogen-bond donors (Lipinski definition) is 2. The minimum atomic E-state index is -0.621. The van der Waals surface area contributed by atoms with Gasteiger partial charge in [-0.2, -0.15) is 0 Å². The molecule has 1 unspecified atom stereocenters. The summed E-state index contributed by atoms with van der Waals surface area (Å²) in [5.74, 6) is 0. The molecule has 0 radical (unpaired) electrons. The third kappa shape index (κ3) is 2.67. The van der Waals surface area contributed by atoms with Crippen LogP contribution in [-0.2, 0) is 4.74 Å². The van der Waals surface area contributed by atoms with Crippen molar-refractivity contribution in [2.45, 2.75) is 13.0 Å². The van der Waals surface area contributed by atoms with Gasteiger partial charge in [-0.1, -0.05) is 0 Å². The van der Waals surface area contributed by atoms with E-state index in [0.717, 1.165) is 0 Å². The maximum Gasteiger partial charge on any atom is 0.413 e. The van der Waals surface area contributed by atoms with Crippen molar-refractivity contribution in [2.24, 2.45) is 0 Å². The second-order valence-electron chi connectivity index (χ2n) is 2.37. The normalized spacial score (nSPS) is 12.2. The first-order valence-electron chi connectivity index (χ1n) is 3.62. The summed E-state index contributed by atoms with van der Waals surface area (Å²) in [6, 6.07) is 0. The number of nitrogens with zero attached hydrogens (tertiary/aromatic N) is 1. The summed E-state index contributed by atoms with van der Waals surface area (Å²) in [7, 11) is 1.28. The number of ether oxygens (including phenoxy) is 1. The summed E-state index contributed by atoms with van der Waals surface area (Å²) in [4.78, 5) is 14.7. The highest BCUT2D eigenvalue weighted by atomic mass is 32.1. The van der Waals surface area contributed by atoms with Crippen molar-refractivity contribution in [2.75, 3.05) is 12.4 Å². The lowest BCUT2D eigenvalue weighted by atomic mass is 10.3. The zero-order valence-corrected chi connectivity index (χ0v) is 8.09. The molecule has 72 valence electrons. The Kier molecular flexibility index (Phi) is 3.21. The summed E-state index contributed by atoms with van der Waals surface area (Å²) in [6.45, 7) is 1.61. The zero-order valence-electron chi connectivity index (χ0n) is 7.27. The zero-order chi connectivity index (χ0) is 9.84. The van der Waals surface area contributed by atoms with Crippen LogP contribution in [0, 0.1) is 0 Å². The van der Waals surface area contributed by atoms with Crippen LogP contribution < -0.4 is 5.32 Å². The number of anilines is 1. The van der Waals surface area contributed by atoms with Gasteiger partial charge in [0.1, 0.15) is 0 Å². The molecule has 13 heavy (non-hydrogen) atoms. The van der Waals surface area contributed by atoms with E-state index < -0.39 is 12.2 Å². The van der Waals surface area contributed by atoms with Crippen LogP contribution in [0.4, 0.5) is 9.93 Å². The number of thiazole rings is 1. The number of carbonyl (C=O) groups is 1. The molecule has 1 amide bonds. The van der Waals surface area contributed by atoms with Gasteiger partial charge < -0.3 is 9.84 Å². The number of hydrogen-bond acceptors (Lipinski definition) is 5. The summed E-state index contributed by atoms with van der Waals surface area (Å²) in [6.07, 6.45) is -1.18. The summed E-state index contributed by atoms with van der Waals surface area (Å²) in [5, 5.41) is 13.6. The molecular weight excluding hydrogens is 192 g/mol. The van der Waals surface area contributed by atoms with Crippen LogP contribution in [-0.4, -0.2) is 23.3 Å². The first-order valence-corrected chi connectivity index (χ1v) is 4.50. The smallest absolute Gasteiger partial charge is 0.413 e. The van der Waals surface area contributed by atoms with Crippen molar-refractivity contribution in [1.82, 2.24) is 4.98 Å². The van der Waals surface area contributed by atoms with Crippen LogP contribution in [0.15, 0.2) is 5.38 Å². The standard InChI is InChI=1S/C7H10N2O3S/c1-4(10)5-3-13-6(8-5)9-7(11)12-2/h3-4,10H,1-2H3,(H,8,9,11). The fourth-order valence-corrected chi connectivity index (χ4v) is 1.46. The van der Waals surface area contributed by atoms with Gasteiger partial charge in [0.25, 0.3) is 0 Å². The van der Waals surface area contributed by atoms with Crippen LogP contribution >= 0.6 is 11.3 Å². The monoisotopic (exact) mass is 202 g/mol. The molecule has 6 heteroatoms. The molecule has 0 saturated carbocycles. The predicted octanol–water partition coefficient (Wildman–Crippen LogP) is 1.37. The summed E-state index contributed by atoms with van der Waals surface area (Å²) >= 11 is 1.24. The second-order valence-corrected chi connectivity index (χ2v) is 3.23. The molecule has 0 aliphatic rings. The van der Waals surface area contributed by atoms with Crippen molar-refractivity contribution in [3.8, 4) is 0 Å². The number of amides is 1. The Bertz CT molecular complexity index is 298. The average Bonchev–Trinajstić information content (AvgIpc) is 2.52. The molecule has 1 aromatic rings. The van der Waals surface area contributed by atoms with Gasteiger partial charge in [-0.05, 0) is 6.92 Å². The lowest BCUT2D eigenvalue weighted by molar-refractivity contribution is 0.186. The minimum absolute atomic E-state index is 0.419. The Hall–Kier alpha value is -1.14. The Labute approximate surface area is 79.4 Å². The highest BCUT2D eigenvalue weighted by molar-refractivity contribution is 7.13. The van der Waals surface area contributed by atoms with Gasteiger partial charge in [-0.3, -0.25) is 5.32 Å². The first kappa shape index (κ1) is 9.94. The fourth-order valence-electron chi connectivity index (χ4n) is 0.674. The van der Waals surface area contributed by atoms with Crippen LogP contribution in [0.5, 0.6) is 0 Å². The predicted molar refractivity (Wildman–Crippen MR) is 48.8 cm³/mol. The molecule has 1 aromatic heterocycles. The Balaban J connectivity index is 2.64. The van der Waals surface area contributed by atoms with Crippen LogP contribution in [0.1, 0.15) is 18.7 Å². The van der Waals surface area contributed by atoms with Crippen molar-refractivity contribution < 1.29 is 14.6 Å². The molecular formula is C7H10N2O3S. The number of nitrogens with one attached hydrogen (secondary N) is 1. The molecule has 0 aliphatic heterocycles. The molecule has 5 nitrogen and oxygen atoms in total. The lowest BCUT2D eigenvalue weighted by Gasteiger charge is -1.98. The molecule has 0 fully saturated rings. The van der Waals surface area contributed by atoms with E-state index in [1.165, 1.54) is 18.4 Å². The van der Waals surface area contributed by atoms with Crippen LogP contribution in [0.25, 0.3) is 0 Å². The number of rotatable bonds is 2. The molecule has 0 saturated heterocycles. The molecule has 1 rings (SSSR count). The van der Waals surface area contributed by atoms with Gasteiger partial charge in [0.05, 0.1) is 18.9 Å². The molecule has 1 atom stereocenters. The van der Waals surface area contributed by atoms with Crippen LogP contribution in [0.3, 0.4) is 0 Å². The quantitative estimate of drug-likeness (QED) is 0.759. The third-order valence-corrected chi connectivity index (χ3v) is 2.12. The largest absolute Gasteiger partial charge is 0.453 e. The SMILES string of the molecule is COC(=O)Nc1nc(C(C)O)cs1. The van der Waals surface area contributed by atoms with Gasteiger partial charge >= 0.3 is 6.09 Å². The van der Waals surface area contributed by atoms with E-state index in [0.29, 0.717) is 10.8 Å². The molecule has 0 bridgehead atoms. The van der Waals surface area contributed by atoms with E-state index in [2.05, 4.69) is 15.0 Å². The van der Waals surface area contributed by atoms with Gasteiger partial charge in [0.2, 0.25) is 0 Å². The number of methoxy groups -OCH3 is 1. The van der Waals surface area contributed by atoms with E-state index in [1.807, 2.05) is 0 Å². The maximum atomic E-state index is 10.7. The van der Waals surface area contributed by atoms with Crippen molar-refractivity contribution in [3.05, 3.63) is 11.1 Å². The highest BCUT2D eigenvalue weighted by Gasteiger charge is 2.08. The number of carbonyl (C=O) groups excluding carboxylic acids is 1. The topological polar surface area (TPSA) is 71.5 Å². The number of aliphatic hydroxyl groups is 1. The molecule has 1 heterocycles. The van der Waals surface area contributed by atoms with E-state index >= 15 is 0 Å². The second kappa shape index (κ2) is 4.20. The van der Waals surface area contributed by atoms with Gasteiger partial charge in [-0.15, -0.1) is 11.3 Å². The van der Waals surface area contributed by atoms with Crippen LogP contribution in [0.2, 0.25) is 0 Å². The molecule has 2 N–H and O–H groups in total. The van der Waals surface area contributed by atoms with Gasteiger partial charge in [0, 0.05) is 5.38 Å². The maximum absolute atomic E-state index is 10.7. The van der Waals surface area contributed by atoms with Crippen molar-refractivity contribution in [1.29, 1.82) is 0 Å². The summed E-state index contributed by atoms with van der Waals surface area (Å²) < 4.78 is 4.38. The van der Waals surface area contributed by atoms with Gasteiger partial charge in [-0.25, -0.2) is 9.78 Å². The number of aromatic nitrogens is 1. The lowest BCUT2D eigenvalue weighted by Crippen LogP contribution is -2.10. The first-order chi connectivity index (χ1) is 6.13. The Morgan fingerprint density at radius 1 is 1.85 bits per heavy atom. The van der Waals surface area contributed by atoms with E-state index in [-0.39, 0.29) is 0 Å². The Morgan fingerprint density at radius 3 is 3.00 bits per heavy atom. The van der Waals surface area contributed by atoms with Gasteiger partial charge in [0.15, 0.2) is 5.13 Å². The fraction of sp³-hybridized carbons (Fsp3) is 0.429. The van der Waals surface area contributed by atoms with E-state index in [9.17, 15) is 4.79 Å². The number of aliphatic hydroxyl groups excluding tert-OH is 1. The molecule has 0 aromatic carbocycles. The molecule has 0 aliphatic carbocycles. The average molecular weight is 202 g/mol. The van der Waals surface area contributed by atoms with E-state index in [4.69, 9.17) is 5.11 Å². The Morgan fingerprint density at radius 2 is 2.54 bits per heavy atom. The minimum Gasteiger partial charge on any atom is -0.453 e. The van der Waals surface area contributed by atoms with Crippen molar-refractivity contribution in [3.63, 3.8) is 0 Å². The highest BCUT2D eigenvalue weighted by Crippen LogP contribution is 2.20. The molecule has 0 spiro atoms. The van der Waals surface area contributed by atoms with Crippen molar-refractivity contribution >= 4 is 22.6 Å². The third-order valence-electron chi connectivity index (χ3n) is 1.34.